The fourth-order valence-electron chi connectivity index (χ4n) is 1.83. The molecule has 1 aromatic carbocycles. The number of benzene rings is 1. The van der Waals surface area contributed by atoms with Crippen molar-refractivity contribution in [3.8, 4) is 11.5 Å². The summed E-state index contributed by atoms with van der Waals surface area (Å²) in [6, 6.07) is 5.57. The third-order valence-electron chi connectivity index (χ3n) is 2.74. The van der Waals surface area contributed by atoms with Crippen LogP contribution in [-0.4, -0.2) is 23.6 Å². The molecule has 0 spiro atoms. The lowest BCUT2D eigenvalue weighted by Crippen LogP contribution is -2.10. The van der Waals surface area contributed by atoms with Crippen LogP contribution in [0.25, 0.3) is 6.08 Å². The normalized spacial score (nSPS) is 16.6. The summed E-state index contributed by atoms with van der Waals surface area (Å²) in [7, 11) is 1.59. The van der Waals surface area contributed by atoms with Crippen LogP contribution in [0, 0.1) is 0 Å². The minimum absolute atomic E-state index is 0.0644. The highest BCUT2D eigenvalue weighted by Gasteiger charge is 2.24. The van der Waals surface area contributed by atoms with E-state index in [9.17, 15) is 9.59 Å². The van der Waals surface area contributed by atoms with Crippen LogP contribution < -0.4 is 14.8 Å². The number of rotatable bonds is 5. The molecule has 0 saturated carbocycles. The Hall–Kier alpha value is -2.21. The van der Waals surface area contributed by atoms with Gasteiger partial charge in [0, 0.05) is 11.8 Å². The predicted molar refractivity (Wildman–Crippen MR) is 87.0 cm³/mol. The monoisotopic (exact) mass is 319 g/mol. The molecule has 1 heterocycles. The van der Waals surface area contributed by atoms with Gasteiger partial charge in [-0.3, -0.25) is 9.59 Å². The van der Waals surface area contributed by atoms with Crippen molar-refractivity contribution < 1.29 is 19.1 Å². The Morgan fingerprint density at radius 2 is 2.00 bits per heavy atom. The summed E-state index contributed by atoms with van der Waals surface area (Å²) in [5, 5.41) is 1.87. The number of hydrogen-bond donors (Lipinski definition) is 1. The summed E-state index contributed by atoms with van der Waals surface area (Å²) >= 11 is 0.661. The number of carbonyl (C=O) groups is 2. The molecule has 2 rings (SSSR count). The van der Waals surface area contributed by atoms with Crippen LogP contribution in [0.2, 0.25) is 0 Å². The van der Waals surface area contributed by atoms with E-state index in [1.54, 1.807) is 19.3 Å². The number of methoxy groups -OCH3 is 1. The zero-order chi connectivity index (χ0) is 16.1. The van der Waals surface area contributed by atoms with E-state index >= 15 is 0 Å². The van der Waals surface area contributed by atoms with Crippen LogP contribution in [0.15, 0.2) is 36.0 Å². The summed E-state index contributed by atoms with van der Waals surface area (Å²) in [5.41, 5.74) is 1.19. The Balaban J connectivity index is 2.13. The average molecular weight is 319 g/mol. The molecule has 0 bridgehead atoms. The standard InChI is InChI=1S/C16H17NO4S/c1-10(2)21-13-8-7-11(9-14(13)20-3)5-4-6-12-15(18)22-16(19)17-12/h4-10H,1-3H3,(H,17,19). The SMILES string of the molecule is COc1cc(C=CC=C2NC(=O)SC2=O)ccc1OC(C)C. The molecule has 1 fully saturated rings. The summed E-state index contributed by atoms with van der Waals surface area (Å²) in [6.07, 6.45) is 5.16. The van der Waals surface area contributed by atoms with Gasteiger partial charge >= 0.3 is 0 Å². The maximum Gasteiger partial charge on any atom is 0.291 e. The van der Waals surface area contributed by atoms with Gasteiger partial charge in [0.05, 0.1) is 18.9 Å². The topological polar surface area (TPSA) is 64.6 Å². The average Bonchev–Trinajstić information content (AvgIpc) is 2.78. The highest BCUT2D eigenvalue weighted by Crippen LogP contribution is 2.29. The molecule has 1 aliphatic rings. The minimum Gasteiger partial charge on any atom is -0.493 e. The van der Waals surface area contributed by atoms with Crippen molar-refractivity contribution in [3.63, 3.8) is 0 Å². The molecule has 6 heteroatoms. The quantitative estimate of drug-likeness (QED) is 0.843. The molecule has 0 atom stereocenters. The molecule has 0 unspecified atom stereocenters. The van der Waals surface area contributed by atoms with Crippen molar-refractivity contribution in [2.45, 2.75) is 20.0 Å². The molecule has 1 saturated heterocycles. The van der Waals surface area contributed by atoms with E-state index in [1.807, 2.05) is 38.1 Å². The zero-order valence-corrected chi connectivity index (χ0v) is 13.4. The Labute approximate surface area is 133 Å². The van der Waals surface area contributed by atoms with Gasteiger partial charge in [0.25, 0.3) is 5.24 Å². The van der Waals surface area contributed by atoms with Gasteiger partial charge in [-0.05, 0) is 37.6 Å². The molecular formula is C16H17NO4S. The second-order valence-electron chi connectivity index (χ2n) is 4.82. The van der Waals surface area contributed by atoms with Crippen molar-refractivity contribution in [3.05, 3.63) is 41.6 Å². The van der Waals surface area contributed by atoms with Gasteiger partial charge in [0.1, 0.15) is 0 Å². The first-order valence-electron chi connectivity index (χ1n) is 6.76. The zero-order valence-electron chi connectivity index (χ0n) is 12.6. The van der Waals surface area contributed by atoms with Gasteiger partial charge in [-0.15, -0.1) is 0 Å². The van der Waals surface area contributed by atoms with E-state index in [1.165, 1.54) is 0 Å². The molecule has 0 radical (unpaired) electrons. The molecule has 1 N–H and O–H groups in total. The number of amides is 1. The highest BCUT2D eigenvalue weighted by atomic mass is 32.2. The van der Waals surface area contributed by atoms with Gasteiger partial charge in [-0.25, -0.2) is 0 Å². The van der Waals surface area contributed by atoms with Gasteiger partial charge < -0.3 is 14.8 Å². The van der Waals surface area contributed by atoms with E-state index in [2.05, 4.69) is 5.32 Å². The van der Waals surface area contributed by atoms with E-state index in [-0.39, 0.29) is 22.2 Å². The van der Waals surface area contributed by atoms with Crippen LogP contribution in [-0.2, 0) is 4.79 Å². The molecule has 0 aromatic heterocycles. The predicted octanol–water partition coefficient (Wildman–Crippen LogP) is 3.36. The first-order chi connectivity index (χ1) is 10.5. The number of nitrogens with one attached hydrogen (secondary N) is 1. The Morgan fingerprint density at radius 1 is 1.23 bits per heavy atom. The highest BCUT2D eigenvalue weighted by molar-refractivity contribution is 8.27. The molecular weight excluding hydrogens is 302 g/mol. The lowest BCUT2D eigenvalue weighted by molar-refractivity contribution is -0.107. The summed E-state index contributed by atoms with van der Waals surface area (Å²) in [6.45, 7) is 3.90. The van der Waals surface area contributed by atoms with E-state index < -0.39 is 0 Å². The third-order valence-corrected chi connectivity index (χ3v) is 3.44. The van der Waals surface area contributed by atoms with E-state index in [4.69, 9.17) is 9.47 Å². The van der Waals surface area contributed by atoms with Gasteiger partial charge in [0.15, 0.2) is 11.5 Å². The fourth-order valence-corrected chi connectivity index (χ4v) is 2.39. The van der Waals surface area contributed by atoms with Crippen LogP contribution in [0.3, 0.4) is 0 Å². The molecule has 0 aliphatic carbocycles. The number of thioether (sulfide) groups is 1. The molecule has 1 aromatic rings. The van der Waals surface area contributed by atoms with Crippen LogP contribution in [0.4, 0.5) is 4.79 Å². The second kappa shape index (κ2) is 7.17. The maximum absolute atomic E-state index is 11.4. The van der Waals surface area contributed by atoms with Crippen molar-refractivity contribution in [2.75, 3.05) is 7.11 Å². The van der Waals surface area contributed by atoms with Crippen LogP contribution >= 0.6 is 11.8 Å². The third kappa shape index (κ3) is 4.14. The molecule has 5 nitrogen and oxygen atoms in total. The molecule has 1 amide bonds. The smallest absolute Gasteiger partial charge is 0.291 e. The van der Waals surface area contributed by atoms with Crippen molar-refractivity contribution >= 4 is 28.2 Å². The Morgan fingerprint density at radius 3 is 2.59 bits per heavy atom. The first kappa shape index (κ1) is 16.2. The number of allylic oxidation sites excluding steroid dienone is 2. The number of ether oxygens (including phenoxy) is 2. The van der Waals surface area contributed by atoms with Crippen LogP contribution in [0.1, 0.15) is 19.4 Å². The van der Waals surface area contributed by atoms with E-state index in [0.29, 0.717) is 23.3 Å². The lowest BCUT2D eigenvalue weighted by atomic mass is 10.2. The fraction of sp³-hybridized carbons (Fsp3) is 0.250. The lowest BCUT2D eigenvalue weighted by Gasteiger charge is -2.13. The first-order valence-corrected chi connectivity index (χ1v) is 7.57. The number of carbonyl (C=O) groups excluding carboxylic acids is 2. The van der Waals surface area contributed by atoms with Gasteiger partial charge in [0.2, 0.25) is 5.12 Å². The summed E-state index contributed by atoms with van der Waals surface area (Å²) in [5.74, 6) is 1.33. The van der Waals surface area contributed by atoms with Gasteiger partial charge in [-0.1, -0.05) is 18.2 Å². The number of hydrogen-bond acceptors (Lipinski definition) is 5. The van der Waals surface area contributed by atoms with Gasteiger partial charge in [-0.2, -0.15) is 0 Å². The molecule has 22 heavy (non-hydrogen) atoms. The Bertz CT molecular complexity index is 650. The Kier molecular flexibility index (Phi) is 5.27. The van der Waals surface area contributed by atoms with Crippen molar-refractivity contribution in [1.29, 1.82) is 0 Å². The largest absolute Gasteiger partial charge is 0.493 e. The maximum atomic E-state index is 11.4. The summed E-state index contributed by atoms with van der Waals surface area (Å²) < 4.78 is 11.0. The van der Waals surface area contributed by atoms with Crippen LogP contribution in [0.5, 0.6) is 11.5 Å². The van der Waals surface area contributed by atoms with E-state index in [0.717, 1.165) is 5.56 Å². The molecule has 116 valence electrons. The van der Waals surface area contributed by atoms with Crippen molar-refractivity contribution in [2.24, 2.45) is 0 Å². The molecule has 1 aliphatic heterocycles. The second-order valence-corrected chi connectivity index (χ2v) is 5.76. The van der Waals surface area contributed by atoms with Crippen molar-refractivity contribution in [1.82, 2.24) is 5.32 Å². The minimum atomic E-state index is -0.346. The summed E-state index contributed by atoms with van der Waals surface area (Å²) in [4.78, 5) is 22.5.